The Morgan fingerprint density at radius 1 is 1.16 bits per heavy atom. The summed E-state index contributed by atoms with van der Waals surface area (Å²) in [5.74, 6) is -0.150. The highest BCUT2D eigenvalue weighted by Crippen LogP contribution is 2.26. The van der Waals surface area contributed by atoms with Gasteiger partial charge in [-0.15, -0.1) is 11.8 Å². The lowest BCUT2D eigenvalue weighted by Crippen LogP contribution is -2.11. The van der Waals surface area contributed by atoms with E-state index in [0.29, 0.717) is 0 Å². The summed E-state index contributed by atoms with van der Waals surface area (Å²) in [7, 11) is 0. The topological polar surface area (TPSA) is 12.0 Å². The molecule has 0 amide bonds. The molecule has 2 rings (SSSR count). The van der Waals surface area contributed by atoms with Crippen molar-refractivity contribution in [3.63, 3.8) is 0 Å². The van der Waals surface area contributed by atoms with Gasteiger partial charge in [-0.05, 0) is 36.9 Å². The van der Waals surface area contributed by atoms with Gasteiger partial charge in [-0.1, -0.05) is 31.2 Å². The molecule has 0 aliphatic carbocycles. The van der Waals surface area contributed by atoms with Gasteiger partial charge in [0.15, 0.2) is 0 Å². The standard InChI is InChI=1S/C16H18FNS/c1-3-16(14-9-4-5-10-15(14)17)18-12-7-6-8-13(11-12)19-2/h4-11,16,18H,3H2,1-2H3. The highest BCUT2D eigenvalue weighted by Gasteiger charge is 2.13. The van der Waals surface area contributed by atoms with E-state index in [-0.39, 0.29) is 11.9 Å². The van der Waals surface area contributed by atoms with Crippen molar-refractivity contribution in [1.29, 1.82) is 0 Å². The fourth-order valence-electron chi connectivity index (χ4n) is 2.07. The van der Waals surface area contributed by atoms with E-state index < -0.39 is 0 Å². The first-order valence-corrected chi connectivity index (χ1v) is 7.62. The van der Waals surface area contributed by atoms with Crippen LogP contribution in [0.15, 0.2) is 53.4 Å². The van der Waals surface area contributed by atoms with Crippen LogP contribution in [0.25, 0.3) is 0 Å². The van der Waals surface area contributed by atoms with Crippen LogP contribution < -0.4 is 5.32 Å². The van der Waals surface area contributed by atoms with Crippen molar-refractivity contribution in [3.8, 4) is 0 Å². The molecule has 1 nitrogen and oxygen atoms in total. The normalized spacial score (nSPS) is 12.2. The maximum atomic E-state index is 13.8. The van der Waals surface area contributed by atoms with Crippen molar-refractivity contribution in [2.75, 3.05) is 11.6 Å². The molecule has 2 aromatic rings. The zero-order valence-corrected chi connectivity index (χ0v) is 12.0. The van der Waals surface area contributed by atoms with Gasteiger partial charge in [0.25, 0.3) is 0 Å². The second kappa shape index (κ2) is 6.62. The highest BCUT2D eigenvalue weighted by atomic mass is 32.2. The molecule has 0 fully saturated rings. The van der Waals surface area contributed by atoms with E-state index in [9.17, 15) is 4.39 Å². The minimum absolute atomic E-state index is 0.00157. The van der Waals surface area contributed by atoms with E-state index in [4.69, 9.17) is 0 Å². The van der Waals surface area contributed by atoms with Gasteiger partial charge >= 0.3 is 0 Å². The first-order valence-electron chi connectivity index (χ1n) is 6.39. The van der Waals surface area contributed by atoms with Crippen molar-refractivity contribution in [1.82, 2.24) is 0 Å². The van der Waals surface area contributed by atoms with Crippen LogP contribution in [0, 0.1) is 5.82 Å². The van der Waals surface area contributed by atoms with Crippen LogP contribution in [0.2, 0.25) is 0 Å². The molecule has 1 N–H and O–H groups in total. The Morgan fingerprint density at radius 3 is 2.63 bits per heavy atom. The monoisotopic (exact) mass is 275 g/mol. The second-order valence-corrected chi connectivity index (χ2v) is 5.24. The molecular formula is C16H18FNS. The third-order valence-corrected chi connectivity index (χ3v) is 3.82. The molecular weight excluding hydrogens is 257 g/mol. The number of thioether (sulfide) groups is 1. The Hall–Kier alpha value is -1.48. The highest BCUT2D eigenvalue weighted by molar-refractivity contribution is 7.98. The van der Waals surface area contributed by atoms with Gasteiger partial charge in [-0.3, -0.25) is 0 Å². The molecule has 0 saturated heterocycles. The predicted octanol–water partition coefficient (Wildman–Crippen LogP) is 5.11. The quantitative estimate of drug-likeness (QED) is 0.761. The molecule has 0 aromatic heterocycles. The Bertz CT molecular complexity index is 542. The van der Waals surface area contributed by atoms with Gasteiger partial charge < -0.3 is 5.32 Å². The van der Waals surface area contributed by atoms with E-state index in [0.717, 1.165) is 17.7 Å². The number of halogens is 1. The van der Waals surface area contributed by atoms with E-state index in [2.05, 4.69) is 24.4 Å². The SMILES string of the molecule is CCC(Nc1cccc(SC)c1)c1ccccc1F. The van der Waals surface area contributed by atoms with Gasteiger partial charge in [0.05, 0.1) is 6.04 Å². The molecule has 0 saturated carbocycles. The Labute approximate surface area is 118 Å². The summed E-state index contributed by atoms with van der Waals surface area (Å²) in [6.07, 6.45) is 2.89. The minimum atomic E-state index is -0.150. The van der Waals surface area contributed by atoms with Crippen molar-refractivity contribution in [3.05, 3.63) is 59.9 Å². The van der Waals surface area contributed by atoms with Crippen LogP contribution in [-0.4, -0.2) is 6.26 Å². The van der Waals surface area contributed by atoms with Gasteiger partial charge in [0, 0.05) is 16.1 Å². The largest absolute Gasteiger partial charge is 0.378 e. The Kier molecular flexibility index (Phi) is 4.86. The van der Waals surface area contributed by atoms with E-state index in [1.807, 2.05) is 30.5 Å². The third kappa shape index (κ3) is 3.51. The molecule has 1 unspecified atom stereocenters. The van der Waals surface area contributed by atoms with Crippen molar-refractivity contribution in [2.45, 2.75) is 24.3 Å². The summed E-state index contributed by atoms with van der Waals surface area (Å²) in [4.78, 5) is 1.20. The molecule has 0 aliphatic heterocycles. The van der Waals surface area contributed by atoms with E-state index >= 15 is 0 Å². The number of nitrogens with one attached hydrogen (secondary N) is 1. The summed E-state index contributed by atoms with van der Waals surface area (Å²) in [6, 6.07) is 15.1. The van der Waals surface area contributed by atoms with Gasteiger partial charge in [0.1, 0.15) is 5.82 Å². The summed E-state index contributed by atoms with van der Waals surface area (Å²) in [5.41, 5.74) is 1.75. The number of anilines is 1. The van der Waals surface area contributed by atoms with Crippen molar-refractivity contribution < 1.29 is 4.39 Å². The molecule has 2 aromatic carbocycles. The molecule has 19 heavy (non-hydrogen) atoms. The van der Waals surface area contributed by atoms with Gasteiger partial charge in [-0.25, -0.2) is 4.39 Å². The maximum absolute atomic E-state index is 13.8. The molecule has 0 spiro atoms. The van der Waals surface area contributed by atoms with Crippen LogP contribution in [-0.2, 0) is 0 Å². The van der Waals surface area contributed by atoms with Crippen molar-refractivity contribution in [2.24, 2.45) is 0 Å². The Balaban J connectivity index is 2.21. The molecule has 0 bridgehead atoms. The van der Waals surface area contributed by atoms with E-state index in [1.54, 1.807) is 17.8 Å². The second-order valence-electron chi connectivity index (χ2n) is 4.36. The fourth-order valence-corrected chi connectivity index (χ4v) is 2.53. The number of hydrogen-bond acceptors (Lipinski definition) is 2. The first kappa shape index (κ1) is 13.9. The van der Waals surface area contributed by atoms with Crippen LogP contribution in [0.1, 0.15) is 24.9 Å². The van der Waals surface area contributed by atoms with Crippen LogP contribution >= 0.6 is 11.8 Å². The van der Waals surface area contributed by atoms with Gasteiger partial charge in [-0.2, -0.15) is 0 Å². The zero-order valence-electron chi connectivity index (χ0n) is 11.2. The lowest BCUT2D eigenvalue weighted by Gasteiger charge is -2.19. The predicted molar refractivity (Wildman–Crippen MR) is 81.3 cm³/mol. The maximum Gasteiger partial charge on any atom is 0.128 e. The average Bonchev–Trinajstić information content (AvgIpc) is 2.46. The molecule has 0 radical (unpaired) electrons. The van der Waals surface area contributed by atoms with Crippen LogP contribution in [0.3, 0.4) is 0 Å². The number of hydrogen-bond donors (Lipinski definition) is 1. The molecule has 3 heteroatoms. The summed E-state index contributed by atoms with van der Waals surface area (Å²) in [6.45, 7) is 2.06. The lowest BCUT2D eigenvalue weighted by atomic mass is 10.0. The van der Waals surface area contributed by atoms with Crippen molar-refractivity contribution >= 4 is 17.4 Å². The minimum Gasteiger partial charge on any atom is -0.378 e. The fraction of sp³-hybridized carbons (Fsp3) is 0.250. The van der Waals surface area contributed by atoms with E-state index in [1.165, 1.54) is 11.0 Å². The third-order valence-electron chi connectivity index (χ3n) is 3.10. The smallest absolute Gasteiger partial charge is 0.128 e. The van der Waals surface area contributed by atoms with Gasteiger partial charge in [0.2, 0.25) is 0 Å². The zero-order chi connectivity index (χ0) is 13.7. The molecule has 100 valence electrons. The first-order chi connectivity index (χ1) is 9.24. The molecule has 0 heterocycles. The molecule has 0 aliphatic rings. The van der Waals surface area contributed by atoms with Crippen LogP contribution in [0.5, 0.6) is 0 Å². The lowest BCUT2D eigenvalue weighted by molar-refractivity contribution is 0.587. The Morgan fingerprint density at radius 2 is 1.95 bits per heavy atom. The number of benzene rings is 2. The van der Waals surface area contributed by atoms with Crippen LogP contribution in [0.4, 0.5) is 10.1 Å². The summed E-state index contributed by atoms with van der Waals surface area (Å²) < 4.78 is 13.8. The average molecular weight is 275 g/mol. The summed E-state index contributed by atoms with van der Waals surface area (Å²) in [5, 5.41) is 3.41. The number of rotatable bonds is 5. The molecule has 1 atom stereocenters. The summed E-state index contributed by atoms with van der Waals surface area (Å²) >= 11 is 1.70.